The third-order valence-corrected chi connectivity index (χ3v) is 5.88. The lowest BCUT2D eigenvalue weighted by Gasteiger charge is -2.35. The predicted molar refractivity (Wildman–Crippen MR) is 128 cm³/mol. The highest BCUT2D eigenvalue weighted by Gasteiger charge is 2.22. The molecule has 3 heterocycles. The van der Waals surface area contributed by atoms with Crippen molar-refractivity contribution in [3.8, 4) is 16.9 Å². The number of phenols is 1. The molecular formula is C27H24N4O2. The Balaban J connectivity index is 1.39. The van der Waals surface area contributed by atoms with Crippen molar-refractivity contribution in [3.05, 3.63) is 108 Å². The maximum atomic E-state index is 13.2. The molecule has 0 aliphatic carbocycles. The summed E-state index contributed by atoms with van der Waals surface area (Å²) in [6, 6.07) is 24.9. The van der Waals surface area contributed by atoms with Crippen molar-refractivity contribution >= 4 is 11.6 Å². The molecule has 0 spiro atoms. The Bertz CT molecular complexity index is 1280. The number of benzene rings is 2. The second-order valence-corrected chi connectivity index (χ2v) is 8.05. The summed E-state index contributed by atoms with van der Waals surface area (Å²) in [6.07, 6.45) is 3.18. The normalized spacial score (nSPS) is 15.9. The summed E-state index contributed by atoms with van der Waals surface area (Å²) >= 11 is 0. The van der Waals surface area contributed by atoms with Gasteiger partial charge in [0, 0.05) is 54.8 Å². The number of anilines is 1. The number of para-hydroxylation sites is 1. The van der Waals surface area contributed by atoms with E-state index in [1.807, 2.05) is 36.4 Å². The van der Waals surface area contributed by atoms with E-state index in [0.29, 0.717) is 22.4 Å². The van der Waals surface area contributed by atoms with Gasteiger partial charge in [-0.25, -0.2) is 4.98 Å². The average molecular weight is 437 g/mol. The SMILES string of the molecule is O=C(c1cncc(-c2ccccc2O)c1)c1cccc(N2CCNC(c3ccccc3)C2)n1. The monoisotopic (exact) mass is 436 g/mol. The van der Waals surface area contributed by atoms with Crippen LogP contribution in [0.25, 0.3) is 11.1 Å². The number of hydrogen-bond acceptors (Lipinski definition) is 6. The number of nitrogens with zero attached hydrogens (tertiary/aromatic N) is 3. The summed E-state index contributed by atoms with van der Waals surface area (Å²) in [4.78, 5) is 24.4. The van der Waals surface area contributed by atoms with E-state index in [0.717, 1.165) is 25.5 Å². The Hall–Kier alpha value is -4.03. The molecule has 1 atom stereocenters. The number of carbonyl (C=O) groups is 1. The average Bonchev–Trinajstić information content (AvgIpc) is 2.89. The van der Waals surface area contributed by atoms with Gasteiger partial charge < -0.3 is 15.3 Å². The van der Waals surface area contributed by atoms with Crippen LogP contribution in [0.2, 0.25) is 0 Å². The molecule has 164 valence electrons. The summed E-state index contributed by atoms with van der Waals surface area (Å²) in [5.74, 6) is 0.736. The second kappa shape index (κ2) is 9.22. The van der Waals surface area contributed by atoms with Crippen molar-refractivity contribution in [1.82, 2.24) is 15.3 Å². The third-order valence-electron chi connectivity index (χ3n) is 5.88. The molecule has 1 aliphatic rings. The second-order valence-electron chi connectivity index (χ2n) is 8.05. The van der Waals surface area contributed by atoms with E-state index < -0.39 is 0 Å². The van der Waals surface area contributed by atoms with Crippen LogP contribution in [0.3, 0.4) is 0 Å². The van der Waals surface area contributed by atoms with Gasteiger partial charge in [-0.2, -0.15) is 0 Å². The van der Waals surface area contributed by atoms with Gasteiger partial charge in [-0.15, -0.1) is 0 Å². The Kier molecular flexibility index (Phi) is 5.83. The van der Waals surface area contributed by atoms with Gasteiger partial charge in [-0.1, -0.05) is 54.6 Å². The van der Waals surface area contributed by atoms with Crippen molar-refractivity contribution < 1.29 is 9.90 Å². The van der Waals surface area contributed by atoms with Crippen LogP contribution in [-0.2, 0) is 0 Å². The summed E-state index contributed by atoms with van der Waals surface area (Å²) < 4.78 is 0. The summed E-state index contributed by atoms with van der Waals surface area (Å²) in [5, 5.41) is 13.7. The first-order chi connectivity index (χ1) is 16.2. The van der Waals surface area contributed by atoms with E-state index in [4.69, 9.17) is 4.98 Å². The quantitative estimate of drug-likeness (QED) is 0.456. The molecule has 1 saturated heterocycles. The Morgan fingerprint density at radius 2 is 1.79 bits per heavy atom. The van der Waals surface area contributed by atoms with Gasteiger partial charge in [-0.05, 0) is 29.8 Å². The summed E-state index contributed by atoms with van der Waals surface area (Å²) in [6.45, 7) is 2.43. The number of aromatic nitrogens is 2. The van der Waals surface area contributed by atoms with E-state index in [9.17, 15) is 9.90 Å². The first-order valence-electron chi connectivity index (χ1n) is 11.0. The van der Waals surface area contributed by atoms with Crippen molar-refractivity contribution in [2.75, 3.05) is 24.5 Å². The predicted octanol–water partition coefficient (Wildman–Crippen LogP) is 4.23. The molecule has 2 N–H and O–H groups in total. The minimum atomic E-state index is -0.198. The van der Waals surface area contributed by atoms with Crippen LogP contribution in [0.4, 0.5) is 5.82 Å². The minimum Gasteiger partial charge on any atom is -0.507 e. The number of aromatic hydroxyl groups is 1. The molecule has 0 bridgehead atoms. The smallest absolute Gasteiger partial charge is 0.212 e. The molecule has 0 amide bonds. The first kappa shape index (κ1) is 20.8. The zero-order valence-corrected chi connectivity index (χ0v) is 18.1. The van der Waals surface area contributed by atoms with Crippen LogP contribution >= 0.6 is 0 Å². The van der Waals surface area contributed by atoms with Crippen LogP contribution in [0.5, 0.6) is 5.75 Å². The number of rotatable bonds is 5. The van der Waals surface area contributed by atoms with Crippen LogP contribution in [0.1, 0.15) is 27.7 Å². The number of pyridine rings is 2. The maximum Gasteiger partial charge on any atom is 0.212 e. The van der Waals surface area contributed by atoms with Crippen LogP contribution in [0.15, 0.2) is 91.3 Å². The van der Waals surface area contributed by atoms with E-state index in [1.54, 1.807) is 36.5 Å². The fourth-order valence-electron chi connectivity index (χ4n) is 4.17. The van der Waals surface area contributed by atoms with Gasteiger partial charge >= 0.3 is 0 Å². The molecule has 4 aromatic rings. The first-order valence-corrected chi connectivity index (χ1v) is 11.0. The number of carbonyl (C=O) groups excluding carboxylic acids is 1. The van der Waals surface area contributed by atoms with Gasteiger partial charge in [0.25, 0.3) is 0 Å². The molecule has 0 saturated carbocycles. The lowest BCUT2D eigenvalue weighted by atomic mass is 10.0. The number of piperazine rings is 1. The molecule has 1 unspecified atom stereocenters. The van der Waals surface area contributed by atoms with Crippen LogP contribution in [0, 0.1) is 0 Å². The Morgan fingerprint density at radius 3 is 2.64 bits per heavy atom. The van der Waals surface area contributed by atoms with Crippen LogP contribution < -0.4 is 10.2 Å². The zero-order chi connectivity index (χ0) is 22.6. The number of ketones is 1. The highest BCUT2D eigenvalue weighted by molar-refractivity contribution is 6.08. The summed E-state index contributed by atoms with van der Waals surface area (Å²) in [5.41, 5.74) is 3.36. The molecule has 0 radical (unpaired) electrons. The minimum absolute atomic E-state index is 0.149. The molecular weight excluding hydrogens is 412 g/mol. The molecule has 6 heteroatoms. The summed E-state index contributed by atoms with van der Waals surface area (Å²) in [7, 11) is 0. The highest BCUT2D eigenvalue weighted by Crippen LogP contribution is 2.29. The van der Waals surface area contributed by atoms with Gasteiger partial charge in [0.05, 0.1) is 0 Å². The van der Waals surface area contributed by atoms with Gasteiger partial charge in [0.1, 0.15) is 17.3 Å². The topological polar surface area (TPSA) is 78.3 Å². The Labute approximate surface area is 192 Å². The molecule has 2 aromatic heterocycles. The third kappa shape index (κ3) is 4.47. The highest BCUT2D eigenvalue weighted by atomic mass is 16.3. The van der Waals surface area contributed by atoms with E-state index in [-0.39, 0.29) is 17.6 Å². The fourth-order valence-corrected chi connectivity index (χ4v) is 4.17. The maximum absolute atomic E-state index is 13.2. The Morgan fingerprint density at radius 1 is 0.970 bits per heavy atom. The molecule has 1 aliphatic heterocycles. The largest absolute Gasteiger partial charge is 0.507 e. The fraction of sp³-hybridized carbons (Fsp3) is 0.148. The molecule has 5 rings (SSSR count). The van der Waals surface area contributed by atoms with E-state index in [1.165, 1.54) is 11.8 Å². The van der Waals surface area contributed by atoms with Crippen molar-refractivity contribution in [2.24, 2.45) is 0 Å². The van der Waals surface area contributed by atoms with Crippen molar-refractivity contribution in [1.29, 1.82) is 0 Å². The lowest BCUT2D eigenvalue weighted by molar-refractivity contribution is 0.103. The van der Waals surface area contributed by atoms with Crippen molar-refractivity contribution in [3.63, 3.8) is 0 Å². The number of nitrogens with one attached hydrogen (secondary N) is 1. The molecule has 33 heavy (non-hydrogen) atoms. The number of phenolic OH excluding ortho intramolecular Hbond substituents is 1. The van der Waals surface area contributed by atoms with Gasteiger partial charge in [0.2, 0.25) is 5.78 Å². The standard InChI is InChI=1S/C27H24N4O2/c32-25-11-5-4-9-22(25)20-15-21(17-28-16-20)27(33)23-10-6-12-26(30-23)31-14-13-29-24(18-31)19-7-2-1-3-8-19/h1-12,15-17,24,29,32H,13-14,18H2. The van der Waals surface area contributed by atoms with Gasteiger partial charge in [-0.3, -0.25) is 9.78 Å². The lowest BCUT2D eigenvalue weighted by Crippen LogP contribution is -2.46. The molecule has 6 nitrogen and oxygen atoms in total. The molecule has 1 fully saturated rings. The van der Waals surface area contributed by atoms with E-state index >= 15 is 0 Å². The van der Waals surface area contributed by atoms with Crippen molar-refractivity contribution in [2.45, 2.75) is 6.04 Å². The number of hydrogen-bond donors (Lipinski definition) is 2. The zero-order valence-electron chi connectivity index (χ0n) is 18.1. The molecule has 2 aromatic carbocycles. The van der Waals surface area contributed by atoms with Gasteiger partial charge in [0.15, 0.2) is 0 Å². The van der Waals surface area contributed by atoms with Crippen LogP contribution in [-0.4, -0.2) is 40.5 Å². The van der Waals surface area contributed by atoms with E-state index in [2.05, 4.69) is 27.3 Å².